The van der Waals surface area contributed by atoms with Crippen LogP contribution in [0.3, 0.4) is 0 Å². The van der Waals surface area contributed by atoms with Gasteiger partial charge in [0.1, 0.15) is 19.3 Å². The molecule has 0 heterocycles. The van der Waals surface area contributed by atoms with Crippen molar-refractivity contribution in [1.82, 2.24) is 0 Å². The number of allylic oxidation sites excluding steroid dienone is 27. The molecular formula is C83H134O17P2. The lowest BCUT2D eigenvalue weighted by Gasteiger charge is -2.21. The molecule has 0 spiro atoms. The number of hydrogen-bond acceptors (Lipinski definition) is 15. The quantitative estimate of drug-likeness (QED) is 0.0169. The van der Waals surface area contributed by atoms with Crippen LogP contribution in [0.25, 0.3) is 0 Å². The molecule has 0 fully saturated rings. The molecule has 0 aliphatic rings. The van der Waals surface area contributed by atoms with Crippen molar-refractivity contribution in [3.8, 4) is 0 Å². The van der Waals surface area contributed by atoms with Gasteiger partial charge in [-0.2, -0.15) is 0 Å². The molecule has 0 rings (SSSR count). The third-order valence-corrected chi connectivity index (χ3v) is 17.1. The van der Waals surface area contributed by atoms with Gasteiger partial charge in [0.25, 0.3) is 0 Å². The van der Waals surface area contributed by atoms with Crippen LogP contribution in [0.1, 0.15) is 272 Å². The van der Waals surface area contributed by atoms with Crippen LogP contribution in [-0.2, 0) is 65.4 Å². The molecule has 5 atom stereocenters. The second-order valence-electron chi connectivity index (χ2n) is 24.8. The van der Waals surface area contributed by atoms with Crippen LogP contribution in [0.15, 0.2) is 170 Å². The van der Waals surface area contributed by atoms with Crippen LogP contribution in [0.5, 0.6) is 0 Å². The number of aliphatic hydroxyl groups excluding tert-OH is 1. The maximum absolute atomic E-state index is 13.1. The summed E-state index contributed by atoms with van der Waals surface area (Å²) in [4.78, 5) is 72.9. The van der Waals surface area contributed by atoms with E-state index in [1.54, 1.807) is 12.2 Å². The number of carbonyl (C=O) groups excluding carboxylic acids is 4. The third-order valence-electron chi connectivity index (χ3n) is 15.2. The smallest absolute Gasteiger partial charge is 0.462 e. The van der Waals surface area contributed by atoms with Gasteiger partial charge < -0.3 is 33.8 Å². The van der Waals surface area contributed by atoms with Gasteiger partial charge in [0.2, 0.25) is 0 Å². The highest BCUT2D eigenvalue weighted by Crippen LogP contribution is 2.45. The molecular weight excluding hydrogens is 1330 g/mol. The number of aliphatic hydroxyl groups is 1. The number of esters is 4. The summed E-state index contributed by atoms with van der Waals surface area (Å²) < 4.78 is 68.3. The Bertz CT molecular complexity index is 2600. The summed E-state index contributed by atoms with van der Waals surface area (Å²) in [5.74, 6) is -2.39. The van der Waals surface area contributed by atoms with Gasteiger partial charge in [0, 0.05) is 19.3 Å². The lowest BCUT2D eigenvalue weighted by Crippen LogP contribution is -2.30. The van der Waals surface area contributed by atoms with Crippen LogP contribution in [-0.4, -0.2) is 96.7 Å². The zero-order valence-corrected chi connectivity index (χ0v) is 64.8. The second kappa shape index (κ2) is 73.7. The third kappa shape index (κ3) is 72.8. The van der Waals surface area contributed by atoms with Gasteiger partial charge in [0.05, 0.1) is 32.8 Å². The molecule has 0 aliphatic carbocycles. The highest BCUT2D eigenvalue weighted by atomic mass is 31.2. The Morgan fingerprint density at radius 2 is 0.549 bits per heavy atom. The number of unbranched alkanes of at least 4 members (excludes halogenated alkanes) is 17. The molecule has 5 unspecified atom stereocenters. The van der Waals surface area contributed by atoms with Crippen molar-refractivity contribution in [1.29, 1.82) is 0 Å². The molecule has 0 radical (unpaired) electrons. The maximum atomic E-state index is 13.1. The minimum atomic E-state index is -5.01. The Morgan fingerprint density at radius 3 is 0.873 bits per heavy atom. The molecule has 17 nitrogen and oxygen atoms in total. The fourth-order valence-corrected chi connectivity index (χ4v) is 11.0. The van der Waals surface area contributed by atoms with Gasteiger partial charge in [-0.1, -0.05) is 268 Å². The predicted molar refractivity (Wildman–Crippen MR) is 417 cm³/mol. The summed E-state index contributed by atoms with van der Waals surface area (Å²) in [6.07, 6.45) is 86.6. The van der Waals surface area contributed by atoms with Crippen molar-refractivity contribution in [2.45, 2.75) is 290 Å². The lowest BCUT2D eigenvalue weighted by molar-refractivity contribution is -0.161. The number of phosphoric acid groups is 2. The van der Waals surface area contributed by atoms with E-state index in [2.05, 4.69) is 174 Å². The Labute approximate surface area is 616 Å². The van der Waals surface area contributed by atoms with Gasteiger partial charge in [0.15, 0.2) is 12.2 Å². The topological polar surface area (TPSA) is 237 Å². The van der Waals surface area contributed by atoms with Crippen molar-refractivity contribution in [3.63, 3.8) is 0 Å². The standard InChI is InChI=1S/C83H134O17P2/c1-5-9-13-17-21-25-29-33-36-38-41-44-47-51-55-59-63-67-80(85)93-73-78(99-82(87)69-65-61-57-53-49-43-32-28-24-20-16-12-8-4)75-97-101(89,90)95-71-77(84)72-96-102(91,92)98-76-79(100-83(88)70-66-62-58-54-50-46-40-35-31-27-23-19-15-11-7-3)74-94-81(86)68-64-60-56-52-48-45-42-39-37-34-30-26-22-18-14-10-6-2/h9-11,13-16,20-23,25-28,32-37,40,42,45,50,54,62,66,77-79,84H,5-8,12,17-19,24,29-31,38-39,41,43-44,46-49,51-53,55-61,63-65,67-76H2,1-4H3,(H,89,90)(H,91,92)/b13-9-,14-10-,15-11-,20-16-,25-21-,26-22-,27-23-,32-28-,36-33-,37-34-,40-35-,45-42-,54-50-,66-62-. The van der Waals surface area contributed by atoms with E-state index in [1.807, 2.05) is 12.2 Å². The van der Waals surface area contributed by atoms with E-state index >= 15 is 0 Å². The minimum Gasteiger partial charge on any atom is -0.462 e. The van der Waals surface area contributed by atoms with E-state index < -0.39 is 97.5 Å². The largest absolute Gasteiger partial charge is 0.472 e. The number of hydrogen-bond donors (Lipinski definition) is 3. The predicted octanol–water partition coefficient (Wildman–Crippen LogP) is 22.2. The molecule has 0 amide bonds. The maximum Gasteiger partial charge on any atom is 0.472 e. The zero-order chi connectivity index (χ0) is 74.6. The van der Waals surface area contributed by atoms with Gasteiger partial charge in [-0.05, 0) is 148 Å². The highest BCUT2D eigenvalue weighted by Gasteiger charge is 2.30. The minimum absolute atomic E-state index is 0.0679. The summed E-state index contributed by atoms with van der Waals surface area (Å²) in [5.41, 5.74) is 0. The Balaban J connectivity index is 5.46. The molecule has 0 bridgehead atoms. The van der Waals surface area contributed by atoms with Crippen molar-refractivity contribution in [2.75, 3.05) is 39.6 Å². The molecule has 0 aromatic rings. The molecule has 0 aromatic carbocycles. The molecule has 3 N–H and O–H groups in total. The number of phosphoric ester groups is 2. The van der Waals surface area contributed by atoms with E-state index in [0.29, 0.717) is 25.7 Å². The van der Waals surface area contributed by atoms with Gasteiger partial charge in [-0.3, -0.25) is 37.3 Å². The SMILES string of the molecule is CC/C=C\C/C=C\C/C=C\C/C=C\C/C=C\CC(=O)OC(COC(=O)CCCCCC/C=C\C/C=C\C/C=C\C/C=C\CC)COP(=O)(O)OCC(O)COP(=O)(O)OCC(COC(=O)CCCCCCCCC/C=C\C/C=C\C/C=C\CC)OC(=O)CCCCCCC/C=C\C/C=C\CCC. The van der Waals surface area contributed by atoms with Gasteiger partial charge in [-0.15, -0.1) is 0 Å². The Hall–Kier alpha value is -5.58. The summed E-state index contributed by atoms with van der Waals surface area (Å²) in [6, 6.07) is 0. The van der Waals surface area contributed by atoms with E-state index in [9.17, 15) is 43.2 Å². The number of ether oxygens (including phenoxy) is 4. The van der Waals surface area contributed by atoms with E-state index in [1.165, 1.54) is 0 Å². The van der Waals surface area contributed by atoms with E-state index in [0.717, 1.165) is 193 Å². The average Bonchev–Trinajstić information content (AvgIpc) is 0.907. The Morgan fingerprint density at radius 1 is 0.294 bits per heavy atom. The van der Waals surface area contributed by atoms with Crippen LogP contribution in [0.2, 0.25) is 0 Å². The van der Waals surface area contributed by atoms with Crippen LogP contribution in [0, 0.1) is 0 Å². The average molecular weight is 1470 g/mol. The molecule has 0 saturated carbocycles. The monoisotopic (exact) mass is 1460 g/mol. The van der Waals surface area contributed by atoms with Crippen molar-refractivity contribution in [2.24, 2.45) is 0 Å². The highest BCUT2D eigenvalue weighted by molar-refractivity contribution is 7.47. The fraction of sp³-hybridized carbons (Fsp3) is 0.614. The molecule has 0 aromatic heterocycles. The van der Waals surface area contributed by atoms with Crippen LogP contribution >= 0.6 is 15.6 Å². The molecule has 0 aliphatic heterocycles. The Kier molecular flexibility index (Phi) is 69.7. The van der Waals surface area contributed by atoms with Crippen molar-refractivity contribution >= 4 is 39.5 Å². The molecule has 578 valence electrons. The first-order valence-electron chi connectivity index (χ1n) is 38.4. The number of carbonyl (C=O) groups is 4. The normalized spacial score (nSPS) is 14.9. The van der Waals surface area contributed by atoms with Crippen molar-refractivity contribution in [3.05, 3.63) is 170 Å². The molecule has 102 heavy (non-hydrogen) atoms. The fourth-order valence-electron chi connectivity index (χ4n) is 9.46. The first-order chi connectivity index (χ1) is 49.7. The van der Waals surface area contributed by atoms with Crippen LogP contribution < -0.4 is 0 Å². The van der Waals surface area contributed by atoms with Crippen molar-refractivity contribution < 1.29 is 80.2 Å². The summed E-state index contributed by atoms with van der Waals surface area (Å²) >= 11 is 0. The lowest BCUT2D eigenvalue weighted by atomic mass is 10.1. The van der Waals surface area contributed by atoms with E-state index in [4.69, 9.17) is 37.0 Å². The zero-order valence-electron chi connectivity index (χ0n) is 63.0. The van der Waals surface area contributed by atoms with Gasteiger partial charge >= 0.3 is 39.5 Å². The molecule has 0 saturated heterocycles. The first kappa shape index (κ1) is 96.4. The summed E-state index contributed by atoms with van der Waals surface area (Å²) in [6.45, 7) is 4.27. The summed E-state index contributed by atoms with van der Waals surface area (Å²) in [5, 5.41) is 10.6. The second-order valence-corrected chi connectivity index (χ2v) is 27.7. The van der Waals surface area contributed by atoms with Crippen LogP contribution in [0.4, 0.5) is 0 Å². The first-order valence-corrected chi connectivity index (χ1v) is 41.4. The van der Waals surface area contributed by atoms with E-state index in [-0.39, 0.29) is 25.7 Å². The summed E-state index contributed by atoms with van der Waals surface area (Å²) in [7, 11) is -10.0. The molecule has 19 heteroatoms. The number of rotatable bonds is 70. The van der Waals surface area contributed by atoms with Gasteiger partial charge in [-0.25, -0.2) is 9.13 Å².